The summed E-state index contributed by atoms with van der Waals surface area (Å²) in [4.78, 5) is 80.3. The fourth-order valence-corrected chi connectivity index (χ4v) is 7.84. The van der Waals surface area contributed by atoms with Crippen molar-refractivity contribution >= 4 is 35.6 Å². The van der Waals surface area contributed by atoms with E-state index in [0.29, 0.717) is 0 Å². The Bertz CT molecular complexity index is 1620. The molecule has 2 aromatic carbocycles. The zero-order valence-electron chi connectivity index (χ0n) is 27.4. The number of ketones is 1. The zero-order chi connectivity index (χ0) is 35.2. The highest BCUT2D eigenvalue weighted by atomic mass is 16.6. The second-order valence-electron chi connectivity index (χ2n) is 13.1. The summed E-state index contributed by atoms with van der Waals surface area (Å²) < 4.78 is 36.0. The van der Waals surface area contributed by atoms with Gasteiger partial charge in [-0.2, -0.15) is 0 Å². The van der Waals surface area contributed by atoms with Crippen LogP contribution in [0.25, 0.3) is 0 Å². The van der Waals surface area contributed by atoms with Gasteiger partial charge in [-0.1, -0.05) is 36.4 Å². The molecule has 1 spiro atoms. The first-order valence-electron chi connectivity index (χ1n) is 15.4. The second-order valence-corrected chi connectivity index (χ2v) is 13.1. The molecule has 1 N–H and O–H groups in total. The van der Waals surface area contributed by atoms with Gasteiger partial charge in [-0.3, -0.25) is 19.2 Å². The number of fused-ring (bicyclic) bond motifs is 1. The van der Waals surface area contributed by atoms with Crippen molar-refractivity contribution in [2.45, 2.75) is 89.2 Å². The lowest BCUT2D eigenvalue weighted by Gasteiger charge is -2.65. The van der Waals surface area contributed by atoms with Crippen LogP contribution in [-0.2, 0) is 47.6 Å². The fourth-order valence-electron chi connectivity index (χ4n) is 7.84. The molecule has 3 aliphatic rings. The van der Waals surface area contributed by atoms with E-state index >= 15 is 0 Å². The maximum absolute atomic E-state index is 14.9. The van der Waals surface area contributed by atoms with E-state index in [0.717, 1.165) is 20.8 Å². The van der Waals surface area contributed by atoms with E-state index in [1.165, 1.54) is 45.0 Å². The van der Waals surface area contributed by atoms with Crippen LogP contribution < -0.4 is 0 Å². The quantitative estimate of drug-likeness (QED) is 0.322. The van der Waals surface area contributed by atoms with Crippen molar-refractivity contribution in [1.29, 1.82) is 0 Å². The Balaban J connectivity index is 1.85. The average molecular weight is 667 g/mol. The molecule has 2 bridgehead atoms. The van der Waals surface area contributed by atoms with E-state index in [1.54, 1.807) is 36.4 Å². The van der Waals surface area contributed by atoms with Gasteiger partial charge >= 0.3 is 29.8 Å². The smallest absolute Gasteiger partial charge is 0.338 e. The van der Waals surface area contributed by atoms with Crippen molar-refractivity contribution < 1.29 is 62.3 Å². The third kappa shape index (κ3) is 5.54. The molecule has 2 saturated carbocycles. The van der Waals surface area contributed by atoms with Crippen LogP contribution >= 0.6 is 0 Å². The third-order valence-electron chi connectivity index (χ3n) is 9.45. The molecule has 256 valence electrons. The lowest BCUT2D eigenvalue weighted by atomic mass is 9.46. The number of esters is 5. The summed E-state index contributed by atoms with van der Waals surface area (Å²) >= 11 is 0. The molecule has 5 rings (SSSR count). The summed E-state index contributed by atoms with van der Waals surface area (Å²) in [5.41, 5.74) is -8.23. The lowest BCUT2D eigenvalue weighted by molar-refractivity contribution is -0.348. The van der Waals surface area contributed by atoms with E-state index in [4.69, 9.17) is 28.4 Å². The molecule has 0 aromatic heterocycles. The normalized spacial score (nSPS) is 33.1. The molecule has 2 aliphatic carbocycles. The first-order valence-corrected chi connectivity index (χ1v) is 15.4. The van der Waals surface area contributed by atoms with E-state index in [9.17, 15) is 33.9 Å². The van der Waals surface area contributed by atoms with Crippen LogP contribution in [0.5, 0.6) is 0 Å². The molecule has 0 radical (unpaired) electrons. The SMILES string of the molecule is CC(=O)OC[C@]12[C@H](OC(=O)c3ccccc3)C(=O)[C@@H]3[C@@H](OC(C)=O)[C@]1(OC3(C)C)[C@](C)(O)C[C@H](OC(C)=O)[C@@H]2OC(=O)c1ccccc1. The maximum Gasteiger partial charge on any atom is 0.338 e. The highest BCUT2D eigenvalue weighted by Crippen LogP contribution is 2.68. The fraction of sp³-hybridized carbons (Fsp3) is 0.486. The van der Waals surface area contributed by atoms with Gasteiger partial charge in [0, 0.05) is 27.2 Å². The molecule has 0 unspecified atom stereocenters. The largest absolute Gasteiger partial charge is 0.465 e. The highest BCUT2D eigenvalue weighted by Gasteiger charge is 2.88. The highest BCUT2D eigenvalue weighted by molar-refractivity contribution is 5.96. The van der Waals surface area contributed by atoms with Crippen LogP contribution in [0.4, 0.5) is 0 Å². The molecule has 1 heterocycles. The molecule has 1 aliphatic heterocycles. The van der Waals surface area contributed by atoms with Crippen LogP contribution in [0.3, 0.4) is 0 Å². The molecule has 3 fully saturated rings. The van der Waals surface area contributed by atoms with Gasteiger partial charge in [0.1, 0.15) is 24.2 Å². The monoisotopic (exact) mass is 666 g/mol. The van der Waals surface area contributed by atoms with Crippen molar-refractivity contribution in [3.05, 3.63) is 71.8 Å². The topological polar surface area (TPSA) is 178 Å². The Labute approximate surface area is 276 Å². The Morgan fingerprint density at radius 1 is 0.750 bits per heavy atom. The summed E-state index contributed by atoms with van der Waals surface area (Å²) in [6, 6.07) is 15.5. The number of benzene rings is 2. The predicted molar refractivity (Wildman–Crippen MR) is 163 cm³/mol. The average Bonchev–Trinajstić information content (AvgIpc) is 3.22. The number of ether oxygens (including phenoxy) is 6. The number of aliphatic hydroxyl groups is 1. The maximum atomic E-state index is 14.9. The van der Waals surface area contributed by atoms with Gasteiger partial charge < -0.3 is 33.5 Å². The van der Waals surface area contributed by atoms with Crippen molar-refractivity contribution in [2.24, 2.45) is 11.3 Å². The summed E-state index contributed by atoms with van der Waals surface area (Å²) in [6.45, 7) is 6.81. The predicted octanol–water partition coefficient (Wildman–Crippen LogP) is 2.75. The first kappa shape index (κ1) is 34.7. The van der Waals surface area contributed by atoms with Crippen LogP contribution in [0, 0.1) is 11.3 Å². The lowest BCUT2D eigenvalue weighted by Crippen LogP contribution is -2.85. The summed E-state index contributed by atoms with van der Waals surface area (Å²) in [7, 11) is 0. The van der Waals surface area contributed by atoms with E-state index < -0.39 is 101 Å². The molecule has 48 heavy (non-hydrogen) atoms. The molecule has 13 nitrogen and oxygen atoms in total. The number of hydrogen-bond donors (Lipinski definition) is 1. The van der Waals surface area contributed by atoms with E-state index in [1.807, 2.05) is 0 Å². The van der Waals surface area contributed by atoms with Crippen LogP contribution in [0.15, 0.2) is 60.7 Å². The minimum absolute atomic E-state index is 0.0496. The van der Waals surface area contributed by atoms with Gasteiger partial charge in [-0.25, -0.2) is 9.59 Å². The summed E-state index contributed by atoms with van der Waals surface area (Å²) in [6.07, 6.45) is -7.32. The molecule has 0 amide bonds. The van der Waals surface area contributed by atoms with Crippen molar-refractivity contribution in [2.75, 3.05) is 6.61 Å². The third-order valence-corrected chi connectivity index (χ3v) is 9.45. The van der Waals surface area contributed by atoms with Crippen LogP contribution in [0.2, 0.25) is 0 Å². The van der Waals surface area contributed by atoms with Crippen LogP contribution in [0.1, 0.15) is 68.7 Å². The van der Waals surface area contributed by atoms with Crippen molar-refractivity contribution in [3.63, 3.8) is 0 Å². The van der Waals surface area contributed by atoms with Gasteiger partial charge in [0.05, 0.1) is 28.2 Å². The molecular formula is C35H38O13. The minimum atomic E-state index is -2.38. The second kappa shape index (κ2) is 12.4. The van der Waals surface area contributed by atoms with Crippen LogP contribution in [-0.4, -0.2) is 88.6 Å². The number of carbonyl (C=O) groups excluding carboxylic acids is 6. The van der Waals surface area contributed by atoms with E-state index in [-0.39, 0.29) is 11.1 Å². The van der Waals surface area contributed by atoms with Crippen molar-refractivity contribution in [3.8, 4) is 0 Å². The first-order chi connectivity index (χ1) is 22.5. The number of carbonyl (C=O) groups is 6. The Kier molecular flexibility index (Phi) is 8.99. The van der Waals surface area contributed by atoms with Gasteiger partial charge in [0.25, 0.3) is 0 Å². The van der Waals surface area contributed by atoms with Gasteiger partial charge in [-0.05, 0) is 45.0 Å². The zero-order valence-corrected chi connectivity index (χ0v) is 27.4. The summed E-state index contributed by atoms with van der Waals surface area (Å²) in [5.74, 6) is -6.60. The van der Waals surface area contributed by atoms with Crippen molar-refractivity contribution in [1.82, 2.24) is 0 Å². The van der Waals surface area contributed by atoms with Gasteiger partial charge in [-0.15, -0.1) is 0 Å². The minimum Gasteiger partial charge on any atom is -0.465 e. The number of rotatable bonds is 8. The van der Waals surface area contributed by atoms with Gasteiger partial charge in [0.15, 0.2) is 23.6 Å². The molecule has 8 atom stereocenters. The Morgan fingerprint density at radius 3 is 1.77 bits per heavy atom. The van der Waals surface area contributed by atoms with E-state index in [2.05, 4.69) is 0 Å². The molecule has 1 saturated heterocycles. The Morgan fingerprint density at radius 2 is 1.27 bits per heavy atom. The number of Topliss-reactive ketones (excluding diaryl/α,β-unsaturated/α-hetero) is 1. The molecule has 13 heteroatoms. The number of hydrogen-bond acceptors (Lipinski definition) is 13. The summed E-state index contributed by atoms with van der Waals surface area (Å²) in [5, 5.41) is 12.6. The molecular weight excluding hydrogens is 628 g/mol. The standard InChI is InChI=1S/C35H38O13/c1-19(36)43-18-34-27(46-30(40)22-13-9-7-10-14-22)24(44-20(2)37)17-33(6,42)35(34)28(45-21(3)38)25(32(4,5)48-35)26(39)29(34)47-31(41)23-15-11-8-12-16-23/h7-16,24-25,27-29,42H,17-18H2,1-6H3/t24-,25+,27-,28+,29+,33+,34-,35-/m0/s1. The van der Waals surface area contributed by atoms with Gasteiger partial charge in [0.2, 0.25) is 0 Å². The molecule has 2 aromatic rings. The Hall–Kier alpha value is -4.62.